The maximum atomic E-state index is 12.9. The van der Waals surface area contributed by atoms with E-state index in [-0.39, 0.29) is 17.0 Å². The average molecular weight is 356 g/mol. The van der Waals surface area contributed by atoms with Gasteiger partial charge in [-0.2, -0.15) is 0 Å². The summed E-state index contributed by atoms with van der Waals surface area (Å²) in [6.45, 7) is 1.79. The van der Waals surface area contributed by atoms with Crippen molar-refractivity contribution in [3.8, 4) is 11.4 Å². The predicted molar refractivity (Wildman–Crippen MR) is 96.8 cm³/mol. The van der Waals surface area contributed by atoms with Crippen molar-refractivity contribution >= 4 is 23.4 Å². The molecule has 1 amide bonds. The van der Waals surface area contributed by atoms with Crippen LogP contribution in [0, 0.1) is 5.82 Å². The Balaban J connectivity index is 1.68. The largest absolute Gasteiger partial charge is 0.325 e. The van der Waals surface area contributed by atoms with Gasteiger partial charge < -0.3 is 9.88 Å². The van der Waals surface area contributed by atoms with Crippen molar-refractivity contribution in [3.63, 3.8) is 0 Å². The summed E-state index contributed by atoms with van der Waals surface area (Å²) < 4.78 is 14.8. The molecule has 5 nitrogen and oxygen atoms in total. The van der Waals surface area contributed by atoms with Gasteiger partial charge >= 0.3 is 0 Å². The van der Waals surface area contributed by atoms with Crippen LogP contribution in [-0.2, 0) is 11.8 Å². The number of carbonyl (C=O) groups excluding carboxylic acids is 1. The maximum absolute atomic E-state index is 12.9. The first-order valence-corrected chi connectivity index (χ1v) is 8.60. The maximum Gasteiger partial charge on any atom is 0.237 e. The van der Waals surface area contributed by atoms with Crippen molar-refractivity contribution in [2.45, 2.75) is 17.3 Å². The Labute approximate surface area is 149 Å². The van der Waals surface area contributed by atoms with Crippen molar-refractivity contribution in [1.29, 1.82) is 0 Å². The number of carbonyl (C=O) groups is 1. The lowest BCUT2D eigenvalue weighted by molar-refractivity contribution is -0.115. The van der Waals surface area contributed by atoms with Gasteiger partial charge in [-0.15, -0.1) is 10.2 Å². The van der Waals surface area contributed by atoms with Gasteiger partial charge in [0.15, 0.2) is 11.0 Å². The second-order valence-corrected chi connectivity index (χ2v) is 6.80. The molecular weight excluding hydrogens is 339 g/mol. The zero-order chi connectivity index (χ0) is 17.8. The standard InChI is InChI=1S/C18H17FN4OS/c1-12(17(24)20-15-10-8-14(19)9-11-15)25-18-22-21-16(23(18)2)13-6-4-3-5-7-13/h3-12H,1-2H3,(H,20,24)/t12-/m0/s1. The Kier molecular flexibility index (Phi) is 5.14. The third kappa shape index (κ3) is 4.06. The number of amides is 1. The minimum atomic E-state index is -0.378. The summed E-state index contributed by atoms with van der Waals surface area (Å²) in [6.07, 6.45) is 0. The van der Waals surface area contributed by atoms with E-state index in [1.165, 1.54) is 36.0 Å². The molecule has 128 valence electrons. The summed E-state index contributed by atoms with van der Waals surface area (Å²) in [6, 6.07) is 15.4. The van der Waals surface area contributed by atoms with Gasteiger partial charge in [0.2, 0.25) is 5.91 Å². The lowest BCUT2D eigenvalue weighted by Crippen LogP contribution is -2.22. The van der Waals surface area contributed by atoms with Crippen LogP contribution in [0.5, 0.6) is 0 Å². The number of benzene rings is 2. The molecular formula is C18H17FN4OS. The van der Waals surface area contributed by atoms with Gasteiger partial charge in [0.1, 0.15) is 5.82 Å². The van der Waals surface area contributed by atoms with Crippen molar-refractivity contribution in [3.05, 3.63) is 60.4 Å². The first kappa shape index (κ1) is 17.2. The van der Waals surface area contributed by atoms with Crippen molar-refractivity contribution < 1.29 is 9.18 Å². The molecule has 1 aromatic heterocycles. The molecule has 0 bridgehead atoms. The van der Waals surface area contributed by atoms with E-state index < -0.39 is 0 Å². The molecule has 1 N–H and O–H groups in total. The summed E-state index contributed by atoms with van der Waals surface area (Å²) >= 11 is 1.32. The second-order valence-electron chi connectivity index (χ2n) is 5.49. The number of aromatic nitrogens is 3. The third-order valence-electron chi connectivity index (χ3n) is 3.63. The SMILES string of the molecule is C[C@H](Sc1nnc(-c2ccccc2)n1C)C(=O)Nc1ccc(F)cc1. The summed E-state index contributed by atoms with van der Waals surface area (Å²) in [4.78, 5) is 12.3. The number of rotatable bonds is 5. The molecule has 0 saturated heterocycles. The van der Waals surface area contributed by atoms with Crippen LogP contribution in [0.3, 0.4) is 0 Å². The highest BCUT2D eigenvalue weighted by Gasteiger charge is 2.19. The number of hydrogen-bond donors (Lipinski definition) is 1. The van der Waals surface area contributed by atoms with Gasteiger partial charge in [-0.25, -0.2) is 4.39 Å². The molecule has 1 heterocycles. The number of anilines is 1. The fourth-order valence-corrected chi connectivity index (χ4v) is 3.06. The van der Waals surface area contributed by atoms with Crippen LogP contribution in [0.4, 0.5) is 10.1 Å². The predicted octanol–water partition coefficient (Wildman–Crippen LogP) is 3.74. The van der Waals surface area contributed by atoms with Crippen LogP contribution in [-0.4, -0.2) is 25.9 Å². The molecule has 0 radical (unpaired) electrons. The smallest absolute Gasteiger partial charge is 0.237 e. The van der Waals surface area contributed by atoms with Crippen LogP contribution in [0.25, 0.3) is 11.4 Å². The van der Waals surface area contributed by atoms with E-state index in [0.29, 0.717) is 10.8 Å². The van der Waals surface area contributed by atoms with Gasteiger partial charge in [-0.1, -0.05) is 42.1 Å². The van der Waals surface area contributed by atoms with Crippen molar-refractivity contribution in [2.75, 3.05) is 5.32 Å². The molecule has 2 aromatic carbocycles. The Hall–Kier alpha value is -2.67. The number of thioether (sulfide) groups is 1. The highest BCUT2D eigenvalue weighted by molar-refractivity contribution is 8.00. The van der Waals surface area contributed by atoms with E-state index >= 15 is 0 Å². The highest BCUT2D eigenvalue weighted by atomic mass is 32.2. The summed E-state index contributed by atoms with van der Waals surface area (Å²) in [5.41, 5.74) is 1.52. The van der Waals surface area contributed by atoms with Gasteiger partial charge in [-0.05, 0) is 31.2 Å². The fraction of sp³-hybridized carbons (Fsp3) is 0.167. The molecule has 3 rings (SSSR count). The Morgan fingerprint density at radius 3 is 2.48 bits per heavy atom. The van der Waals surface area contributed by atoms with Crippen LogP contribution < -0.4 is 5.32 Å². The molecule has 7 heteroatoms. The minimum Gasteiger partial charge on any atom is -0.325 e. The van der Waals surface area contributed by atoms with E-state index in [0.717, 1.165) is 11.4 Å². The van der Waals surface area contributed by atoms with E-state index in [4.69, 9.17) is 0 Å². The van der Waals surface area contributed by atoms with Crippen LogP contribution >= 0.6 is 11.8 Å². The molecule has 0 aliphatic rings. The van der Waals surface area contributed by atoms with Gasteiger partial charge in [0, 0.05) is 18.3 Å². The average Bonchev–Trinajstić information content (AvgIpc) is 2.98. The third-order valence-corrected chi connectivity index (χ3v) is 4.76. The quantitative estimate of drug-likeness (QED) is 0.708. The highest BCUT2D eigenvalue weighted by Crippen LogP contribution is 2.26. The van der Waals surface area contributed by atoms with E-state index in [2.05, 4.69) is 15.5 Å². The summed E-state index contributed by atoms with van der Waals surface area (Å²) in [7, 11) is 1.87. The molecule has 0 aliphatic heterocycles. The monoisotopic (exact) mass is 356 g/mol. The Bertz CT molecular complexity index is 865. The van der Waals surface area contributed by atoms with Gasteiger partial charge in [0.25, 0.3) is 0 Å². The first-order valence-electron chi connectivity index (χ1n) is 7.72. The Morgan fingerprint density at radius 2 is 1.80 bits per heavy atom. The molecule has 0 spiro atoms. The molecule has 0 unspecified atom stereocenters. The van der Waals surface area contributed by atoms with Crippen LogP contribution in [0.1, 0.15) is 6.92 Å². The van der Waals surface area contributed by atoms with Crippen LogP contribution in [0.2, 0.25) is 0 Å². The summed E-state index contributed by atoms with van der Waals surface area (Å²) in [5, 5.41) is 11.4. The minimum absolute atomic E-state index is 0.180. The van der Waals surface area contributed by atoms with Crippen molar-refractivity contribution in [2.24, 2.45) is 7.05 Å². The van der Waals surface area contributed by atoms with Crippen LogP contribution in [0.15, 0.2) is 59.8 Å². The first-order chi connectivity index (χ1) is 12.0. The molecule has 25 heavy (non-hydrogen) atoms. The molecule has 0 fully saturated rings. The molecule has 1 atom stereocenters. The lowest BCUT2D eigenvalue weighted by atomic mass is 10.2. The molecule has 0 aliphatic carbocycles. The number of nitrogens with zero attached hydrogens (tertiary/aromatic N) is 3. The number of nitrogens with one attached hydrogen (secondary N) is 1. The normalized spacial score (nSPS) is 12.0. The zero-order valence-electron chi connectivity index (χ0n) is 13.8. The van der Waals surface area contributed by atoms with Crippen molar-refractivity contribution in [1.82, 2.24) is 14.8 Å². The second kappa shape index (κ2) is 7.48. The van der Waals surface area contributed by atoms with E-state index in [1.807, 2.05) is 41.9 Å². The van der Waals surface area contributed by atoms with E-state index in [1.54, 1.807) is 6.92 Å². The Morgan fingerprint density at radius 1 is 1.12 bits per heavy atom. The van der Waals surface area contributed by atoms with E-state index in [9.17, 15) is 9.18 Å². The number of hydrogen-bond acceptors (Lipinski definition) is 4. The van der Waals surface area contributed by atoms with Gasteiger partial charge in [-0.3, -0.25) is 4.79 Å². The molecule has 0 saturated carbocycles. The molecule has 3 aromatic rings. The summed E-state index contributed by atoms with van der Waals surface area (Å²) in [5.74, 6) is 0.225. The topological polar surface area (TPSA) is 59.8 Å². The zero-order valence-corrected chi connectivity index (χ0v) is 14.6. The lowest BCUT2D eigenvalue weighted by Gasteiger charge is -2.11. The van der Waals surface area contributed by atoms with Gasteiger partial charge in [0.05, 0.1) is 5.25 Å². The number of halogens is 1. The fourth-order valence-electron chi connectivity index (χ4n) is 2.24.